The van der Waals surface area contributed by atoms with Crippen molar-refractivity contribution in [3.05, 3.63) is 82.8 Å². The van der Waals surface area contributed by atoms with Gasteiger partial charge in [-0.2, -0.15) is 5.10 Å². The first kappa shape index (κ1) is 23.2. The predicted molar refractivity (Wildman–Crippen MR) is 129 cm³/mol. The van der Waals surface area contributed by atoms with Gasteiger partial charge in [-0.1, -0.05) is 35.1 Å². The third-order valence-corrected chi connectivity index (χ3v) is 6.95. The molecule has 0 unspecified atom stereocenters. The number of allylic oxidation sites excluding steroid dienone is 1. The first-order valence-electron chi connectivity index (χ1n) is 10.8. The highest BCUT2D eigenvalue weighted by Gasteiger charge is 2.33. The minimum Gasteiger partial charge on any atom is -0.463 e. The first-order chi connectivity index (χ1) is 15.8. The van der Waals surface area contributed by atoms with Crippen molar-refractivity contribution in [1.29, 1.82) is 0 Å². The highest BCUT2D eigenvalue weighted by molar-refractivity contribution is 7.07. The van der Waals surface area contributed by atoms with E-state index in [1.54, 1.807) is 30.5 Å². The predicted octanol–water partition coefficient (Wildman–Crippen LogP) is 3.28. The maximum absolute atomic E-state index is 13.7. The SMILES string of the molecule is CCOC(=O)C1=C(C)N=c2s/c(=C/c3c(C)nn(CC)c3C)c(=O)n2[C@H]1c1ccc(Cl)cc1. The van der Waals surface area contributed by atoms with E-state index >= 15 is 0 Å². The molecule has 0 aliphatic carbocycles. The Morgan fingerprint density at radius 1 is 1.21 bits per heavy atom. The van der Waals surface area contributed by atoms with E-state index in [2.05, 4.69) is 10.1 Å². The topological polar surface area (TPSA) is 78.5 Å². The van der Waals surface area contributed by atoms with Gasteiger partial charge in [-0.3, -0.25) is 14.0 Å². The number of fused-ring (bicyclic) bond motifs is 1. The minimum absolute atomic E-state index is 0.212. The summed E-state index contributed by atoms with van der Waals surface area (Å²) < 4.78 is 9.34. The van der Waals surface area contributed by atoms with E-state index in [1.807, 2.05) is 43.7 Å². The Bertz CT molecular complexity index is 1440. The van der Waals surface area contributed by atoms with E-state index in [-0.39, 0.29) is 12.2 Å². The van der Waals surface area contributed by atoms with Gasteiger partial charge in [0.1, 0.15) is 0 Å². The third kappa shape index (κ3) is 4.09. The molecule has 1 aromatic carbocycles. The van der Waals surface area contributed by atoms with Crippen molar-refractivity contribution in [1.82, 2.24) is 14.3 Å². The summed E-state index contributed by atoms with van der Waals surface area (Å²) >= 11 is 7.40. The number of carbonyl (C=O) groups is 1. The largest absolute Gasteiger partial charge is 0.463 e. The Kier molecular flexibility index (Phi) is 6.41. The zero-order chi connectivity index (χ0) is 23.9. The fraction of sp³-hybridized carbons (Fsp3) is 0.333. The summed E-state index contributed by atoms with van der Waals surface area (Å²) in [5.41, 5.74) is 4.21. The molecule has 0 saturated carbocycles. The van der Waals surface area contributed by atoms with Crippen molar-refractivity contribution in [2.45, 2.75) is 47.2 Å². The fourth-order valence-electron chi connectivity index (χ4n) is 4.11. The van der Waals surface area contributed by atoms with Gasteiger partial charge in [0.2, 0.25) is 0 Å². The molecule has 4 rings (SSSR count). The summed E-state index contributed by atoms with van der Waals surface area (Å²) in [5.74, 6) is -0.483. The molecule has 0 radical (unpaired) electrons. The van der Waals surface area contributed by atoms with Crippen LogP contribution >= 0.6 is 22.9 Å². The van der Waals surface area contributed by atoms with Crippen LogP contribution in [-0.2, 0) is 16.1 Å². The molecular weight excluding hydrogens is 460 g/mol. The number of hydrogen-bond acceptors (Lipinski definition) is 6. The maximum Gasteiger partial charge on any atom is 0.338 e. The van der Waals surface area contributed by atoms with Crippen LogP contribution in [0.5, 0.6) is 0 Å². The molecule has 1 aliphatic rings. The summed E-state index contributed by atoms with van der Waals surface area (Å²) in [6.45, 7) is 10.5. The molecule has 7 nitrogen and oxygen atoms in total. The molecule has 9 heteroatoms. The summed E-state index contributed by atoms with van der Waals surface area (Å²) in [6, 6.07) is 6.48. The molecule has 0 bridgehead atoms. The van der Waals surface area contributed by atoms with E-state index < -0.39 is 12.0 Å². The zero-order valence-electron chi connectivity index (χ0n) is 19.2. The van der Waals surface area contributed by atoms with Crippen molar-refractivity contribution < 1.29 is 9.53 Å². The number of aryl methyl sites for hydroxylation is 2. The average Bonchev–Trinajstić information content (AvgIpc) is 3.23. The van der Waals surface area contributed by atoms with E-state index in [0.717, 1.165) is 29.1 Å². The van der Waals surface area contributed by atoms with Crippen LogP contribution in [0.4, 0.5) is 0 Å². The number of rotatable bonds is 5. The molecule has 0 amide bonds. The Morgan fingerprint density at radius 2 is 1.91 bits per heavy atom. The van der Waals surface area contributed by atoms with Gasteiger partial charge in [0.05, 0.1) is 34.1 Å². The summed E-state index contributed by atoms with van der Waals surface area (Å²) in [5, 5.41) is 5.12. The van der Waals surface area contributed by atoms with Gasteiger partial charge in [0, 0.05) is 22.8 Å². The fourth-order valence-corrected chi connectivity index (χ4v) is 5.26. The third-order valence-electron chi connectivity index (χ3n) is 5.72. The van der Waals surface area contributed by atoms with Gasteiger partial charge >= 0.3 is 5.97 Å². The standard InChI is InChI=1S/C24H25ClN4O3S/c1-6-28-15(5)18(13(3)27-28)12-19-22(30)29-21(16-8-10-17(25)11-9-16)20(23(31)32-7-2)14(4)26-24(29)33-19/h8-12,21H,6-7H2,1-5H3/b19-12+/t21-/m0/s1. The van der Waals surface area contributed by atoms with E-state index in [1.165, 1.54) is 11.3 Å². The van der Waals surface area contributed by atoms with E-state index in [9.17, 15) is 9.59 Å². The Labute approximate surface area is 200 Å². The van der Waals surface area contributed by atoms with Gasteiger partial charge in [0.15, 0.2) is 4.80 Å². The lowest BCUT2D eigenvalue weighted by Gasteiger charge is -2.24. The molecule has 0 N–H and O–H groups in total. The van der Waals surface area contributed by atoms with Gasteiger partial charge in [-0.15, -0.1) is 0 Å². The van der Waals surface area contributed by atoms with Gasteiger partial charge in [-0.05, 0) is 58.4 Å². The van der Waals surface area contributed by atoms with Crippen molar-refractivity contribution in [2.24, 2.45) is 4.99 Å². The zero-order valence-corrected chi connectivity index (χ0v) is 20.8. The average molecular weight is 485 g/mol. The summed E-state index contributed by atoms with van der Waals surface area (Å²) in [7, 11) is 0. The summed E-state index contributed by atoms with van der Waals surface area (Å²) in [4.78, 5) is 31.7. The van der Waals surface area contributed by atoms with Crippen molar-refractivity contribution in [2.75, 3.05) is 6.61 Å². The molecule has 33 heavy (non-hydrogen) atoms. The van der Waals surface area contributed by atoms with Crippen LogP contribution in [0, 0.1) is 13.8 Å². The number of benzene rings is 1. The molecular formula is C24H25ClN4O3S. The van der Waals surface area contributed by atoms with Gasteiger partial charge < -0.3 is 4.74 Å². The number of thiazole rings is 1. The van der Waals surface area contributed by atoms with Gasteiger partial charge in [0.25, 0.3) is 5.56 Å². The molecule has 2 aromatic heterocycles. The Hall–Kier alpha value is -2.97. The second-order valence-corrected chi connectivity index (χ2v) is 9.20. The number of nitrogens with zero attached hydrogens (tertiary/aromatic N) is 4. The molecule has 172 valence electrons. The monoisotopic (exact) mass is 484 g/mol. The van der Waals surface area contributed by atoms with Crippen LogP contribution in [0.3, 0.4) is 0 Å². The van der Waals surface area contributed by atoms with Crippen LogP contribution in [0.2, 0.25) is 5.02 Å². The van der Waals surface area contributed by atoms with Crippen LogP contribution in [0.15, 0.2) is 45.3 Å². The molecule has 0 fully saturated rings. The van der Waals surface area contributed by atoms with E-state index in [0.29, 0.717) is 25.6 Å². The number of hydrogen-bond donors (Lipinski definition) is 0. The van der Waals surface area contributed by atoms with Gasteiger partial charge in [-0.25, -0.2) is 9.79 Å². The molecule has 3 heterocycles. The molecule has 0 spiro atoms. The van der Waals surface area contributed by atoms with Crippen LogP contribution in [-0.4, -0.2) is 26.9 Å². The summed E-state index contributed by atoms with van der Waals surface area (Å²) in [6.07, 6.45) is 1.87. The maximum atomic E-state index is 13.7. The smallest absolute Gasteiger partial charge is 0.338 e. The second kappa shape index (κ2) is 9.11. The highest BCUT2D eigenvalue weighted by atomic mass is 35.5. The minimum atomic E-state index is -0.653. The number of halogens is 1. The van der Waals surface area contributed by atoms with Crippen LogP contribution in [0.25, 0.3) is 6.08 Å². The quantitative estimate of drug-likeness (QED) is 0.520. The number of carbonyl (C=O) groups excluding carboxylic acids is 1. The Balaban J connectivity index is 1.97. The number of esters is 1. The highest BCUT2D eigenvalue weighted by Crippen LogP contribution is 2.31. The van der Waals surface area contributed by atoms with Crippen LogP contribution < -0.4 is 14.9 Å². The van der Waals surface area contributed by atoms with Crippen molar-refractivity contribution >= 4 is 35.0 Å². The lowest BCUT2D eigenvalue weighted by Crippen LogP contribution is -2.39. The normalized spacial score (nSPS) is 16.1. The van der Waals surface area contributed by atoms with Crippen molar-refractivity contribution in [3.8, 4) is 0 Å². The molecule has 3 aromatic rings. The second-order valence-electron chi connectivity index (χ2n) is 7.75. The van der Waals surface area contributed by atoms with E-state index in [4.69, 9.17) is 16.3 Å². The van der Waals surface area contributed by atoms with Crippen LogP contribution in [0.1, 0.15) is 49.3 Å². The lowest BCUT2D eigenvalue weighted by atomic mass is 9.96. The molecule has 1 aliphatic heterocycles. The molecule has 0 saturated heterocycles. The Morgan fingerprint density at radius 3 is 2.52 bits per heavy atom. The van der Waals surface area contributed by atoms with Crippen molar-refractivity contribution in [3.63, 3.8) is 0 Å². The lowest BCUT2D eigenvalue weighted by molar-refractivity contribution is -0.139. The number of aromatic nitrogens is 3. The number of ether oxygens (including phenoxy) is 1. The first-order valence-corrected chi connectivity index (χ1v) is 11.9. The molecule has 1 atom stereocenters.